The summed E-state index contributed by atoms with van der Waals surface area (Å²) in [6.07, 6.45) is 2.71. The zero-order chi connectivity index (χ0) is 26.9. The number of thioether (sulfide) groups is 1. The van der Waals surface area contributed by atoms with Crippen LogP contribution in [-0.4, -0.2) is 59.5 Å². The minimum atomic E-state index is -0.557. The maximum Gasteiger partial charge on any atom is 0.339 e. The van der Waals surface area contributed by atoms with Gasteiger partial charge in [0.15, 0.2) is 5.16 Å². The van der Waals surface area contributed by atoms with Crippen molar-refractivity contribution in [2.45, 2.75) is 43.5 Å². The molecule has 0 bridgehead atoms. The lowest BCUT2D eigenvalue weighted by atomic mass is 10.2. The van der Waals surface area contributed by atoms with Crippen molar-refractivity contribution in [3.8, 4) is 0 Å². The Morgan fingerprint density at radius 3 is 2.71 bits per heavy atom. The molecule has 200 valence electrons. The lowest BCUT2D eigenvalue weighted by Gasteiger charge is -2.14. The molecule has 2 aromatic carbocycles. The summed E-state index contributed by atoms with van der Waals surface area (Å²) in [7, 11) is 1.27. The average molecular weight is 539 g/mol. The molecule has 2 amide bonds. The van der Waals surface area contributed by atoms with Crippen LogP contribution in [0.5, 0.6) is 0 Å². The van der Waals surface area contributed by atoms with Gasteiger partial charge in [-0.25, -0.2) is 9.78 Å². The summed E-state index contributed by atoms with van der Waals surface area (Å²) in [6.45, 7) is 1.50. The molecule has 11 heteroatoms. The van der Waals surface area contributed by atoms with Gasteiger partial charge in [0.2, 0.25) is 11.8 Å². The number of para-hydroxylation sites is 2. The molecular formula is C27H30N4O6S. The van der Waals surface area contributed by atoms with Crippen LogP contribution in [0.1, 0.15) is 36.0 Å². The van der Waals surface area contributed by atoms with E-state index in [1.54, 1.807) is 48.5 Å². The molecule has 0 saturated carbocycles. The van der Waals surface area contributed by atoms with Gasteiger partial charge in [0, 0.05) is 26.1 Å². The largest absolute Gasteiger partial charge is 0.465 e. The zero-order valence-corrected chi connectivity index (χ0v) is 21.9. The molecule has 3 aromatic rings. The Bertz CT molecular complexity index is 1370. The quantitative estimate of drug-likeness (QED) is 0.217. The standard InChI is InChI=1S/C27H30N4O6S/c1-36-26(35)20-10-3-5-12-22(20)29-24(33)17-38-27-30-21-11-4-2-9-19(21)25(34)31(27)14-6-13-23(32)28-16-18-8-7-15-37-18/h2-5,9-12,18H,6-8,13-17H2,1H3,(H,28,32)(H,29,33)/t18-/m1/s1. The van der Waals surface area contributed by atoms with E-state index < -0.39 is 5.97 Å². The summed E-state index contributed by atoms with van der Waals surface area (Å²) in [5, 5.41) is 6.46. The predicted octanol–water partition coefficient (Wildman–Crippen LogP) is 2.99. The zero-order valence-electron chi connectivity index (χ0n) is 21.1. The number of ether oxygens (including phenoxy) is 2. The van der Waals surface area contributed by atoms with Gasteiger partial charge in [0.05, 0.1) is 41.1 Å². The molecule has 10 nitrogen and oxygen atoms in total. The number of amides is 2. The second-order valence-corrected chi connectivity index (χ2v) is 9.73. The molecule has 1 aromatic heterocycles. The number of aromatic nitrogens is 2. The molecule has 2 N–H and O–H groups in total. The van der Waals surface area contributed by atoms with Crippen LogP contribution < -0.4 is 16.2 Å². The summed E-state index contributed by atoms with van der Waals surface area (Å²) >= 11 is 1.12. The minimum absolute atomic E-state index is 0.0395. The summed E-state index contributed by atoms with van der Waals surface area (Å²) in [4.78, 5) is 54.9. The van der Waals surface area contributed by atoms with Crippen molar-refractivity contribution in [1.82, 2.24) is 14.9 Å². The number of rotatable bonds is 11. The van der Waals surface area contributed by atoms with Crippen LogP contribution in [0.3, 0.4) is 0 Å². The van der Waals surface area contributed by atoms with Crippen molar-refractivity contribution < 1.29 is 23.9 Å². The van der Waals surface area contributed by atoms with E-state index in [0.717, 1.165) is 31.2 Å². The van der Waals surface area contributed by atoms with E-state index in [-0.39, 0.29) is 47.8 Å². The van der Waals surface area contributed by atoms with Gasteiger partial charge >= 0.3 is 5.97 Å². The number of carbonyl (C=O) groups is 3. The Balaban J connectivity index is 1.42. The number of nitrogens with one attached hydrogen (secondary N) is 2. The number of hydrogen-bond acceptors (Lipinski definition) is 8. The van der Waals surface area contributed by atoms with Crippen LogP contribution in [0.25, 0.3) is 10.9 Å². The Labute approximate surface area is 224 Å². The number of hydrogen-bond donors (Lipinski definition) is 2. The third-order valence-corrected chi connectivity index (χ3v) is 7.08. The first-order valence-electron chi connectivity index (χ1n) is 12.4. The predicted molar refractivity (Wildman–Crippen MR) is 144 cm³/mol. The maximum atomic E-state index is 13.3. The molecule has 0 radical (unpaired) electrons. The van der Waals surface area contributed by atoms with Crippen LogP contribution >= 0.6 is 11.8 Å². The smallest absolute Gasteiger partial charge is 0.339 e. The Morgan fingerprint density at radius 1 is 1.13 bits per heavy atom. The van der Waals surface area contributed by atoms with Gasteiger partial charge in [-0.05, 0) is 43.5 Å². The summed E-state index contributed by atoms with van der Waals surface area (Å²) < 4.78 is 11.8. The van der Waals surface area contributed by atoms with E-state index in [1.165, 1.54) is 11.7 Å². The molecule has 1 atom stereocenters. The minimum Gasteiger partial charge on any atom is -0.465 e. The average Bonchev–Trinajstić information content (AvgIpc) is 3.46. The highest BCUT2D eigenvalue weighted by Gasteiger charge is 2.18. The number of anilines is 1. The summed E-state index contributed by atoms with van der Waals surface area (Å²) in [5.74, 6) is -1.06. The topological polar surface area (TPSA) is 129 Å². The first-order chi connectivity index (χ1) is 18.5. The van der Waals surface area contributed by atoms with E-state index in [2.05, 4.69) is 15.6 Å². The van der Waals surface area contributed by atoms with Gasteiger partial charge in [0.25, 0.3) is 5.56 Å². The lowest BCUT2D eigenvalue weighted by molar-refractivity contribution is -0.121. The molecule has 1 fully saturated rings. The van der Waals surface area contributed by atoms with Crippen LogP contribution in [0.4, 0.5) is 5.69 Å². The van der Waals surface area contributed by atoms with Crippen LogP contribution in [0.15, 0.2) is 58.5 Å². The van der Waals surface area contributed by atoms with Crippen molar-refractivity contribution >= 4 is 46.1 Å². The molecule has 4 rings (SSSR count). The van der Waals surface area contributed by atoms with E-state index in [1.807, 2.05) is 0 Å². The summed E-state index contributed by atoms with van der Waals surface area (Å²) in [5.41, 5.74) is 0.881. The van der Waals surface area contributed by atoms with E-state index in [9.17, 15) is 19.2 Å². The first-order valence-corrected chi connectivity index (χ1v) is 13.4. The van der Waals surface area contributed by atoms with Crippen LogP contribution in [-0.2, 0) is 25.6 Å². The highest BCUT2D eigenvalue weighted by Crippen LogP contribution is 2.21. The van der Waals surface area contributed by atoms with Crippen molar-refractivity contribution in [2.75, 3.05) is 31.3 Å². The number of fused-ring (bicyclic) bond motifs is 1. The number of esters is 1. The van der Waals surface area contributed by atoms with E-state index >= 15 is 0 Å². The lowest BCUT2D eigenvalue weighted by Crippen LogP contribution is -2.32. The monoisotopic (exact) mass is 538 g/mol. The molecule has 1 aliphatic rings. The number of carbonyl (C=O) groups excluding carboxylic acids is 3. The van der Waals surface area contributed by atoms with Crippen molar-refractivity contribution in [3.63, 3.8) is 0 Å². The highest BCUT2D eigenvalue weighted by atomic mass is 32.2. The molecule has 0 aliphatic carbocycles. The SMILES string of the molecule is COC(=O)c1ccccc1NC(=O)CSc1nc2ccccc2c(=O)n1CCCC(=O)NC[C@H]1CCCO1. The van der Waals surface area contributed by atoms with Gasteiger partial charge in [-0.1, -0.05) is 36.0 Å². The third kappa shape index (κ3) is 6.99. The van der Waals surface area contributed by atoms with Gasteiger partial charge in [0.1, 0.15) is 0 Å². The van der Waals surface area contributed by atoms with Crippen molar-refractivity contribution in [3.05, 3.63) is 64.4 Å². The van der Waals surface area contributed by atoms with Crippen LogP contribution in [0, 0.1) is 0 Å². The van der Waals surface area contributed by atoms with Crippen molar-refractivity contribution in [2.24, 2.45) is 0 Å². The van der Waals surface area contributed by atoms with Gasteiger partial charge in [-0.15, -0.1) is 0 Å². The normalized spacial score (nSPS) is 14.8. The number of methoxy groups -OCH3 is 1. The van der Waals surface area contributed by atoms with Crippen LogP contribution in [0.2, 0.25) is 0 Å². The third-order valence-electron chi connectivity index (χ3n) is 6.10. The molecule has 1 saturated heterocycles. The fourth-order valence-corrected chi connectivity index (χ4v) is 5.00. The second-order valence-electron chi connectivity index (χ2n) is 8.78. The molecular weight excluding hydrogens is 508 g/mol. The number of benzene rings is 2. The summed E-state index contributed by atoms with van der Waals surface area (Å²) in [6, 6.07) is 13.6. The van der Waals surface area contributed by atoms with E-state index in [4.69, 9.17) is 9.47 Å². The maximum absolute atomic E-state index is 13.3. The van der Waals surface area contributed by atoms with Gasteiger partial charge in [-0.3, -0.25) is 19.0 Å². The first kappa shape index (κ1) is 27.3. The van der Waals surface area contributed by atoms with Crippen molar-refractivity contribution in [1.29, 1.82) is 0 Å². The molecule has 0 unspecified atom stereocenters. The molecule has 1 aliphatic heterocycles. The Hall–Kier alpha value is -3.70. The Morgan fingerprint density at radius 2 is 1.92 bits per heavy atom. The van der Waals surface area contributed by atoms with E-state index in [0.29, 0.717) is 34.7 Å². The second kappa shape index (κ2) is 13.2. The number of nitrogens with zero attached hydrogens (tertiary/aromatic N) is 2. The fraction of sp³-hybridized carbons (Fsp3) is 0.370. The highest BCUT2D eigenvalue weighted by molar-refractivity contribution is 7.99. The Kier molecular flexibility index (Phi) is 9.50. The molecule has 38 heavy (non-hydrogen) atoms. The van der Waals surface area contributed by atoms with Gasteiger partial charge < -0.3 is 20.1 Å². The molecule has 2 heterocycles. The molecule has 0 spiro atoms. The fourth-order valence-electron chi connectivity index (χ4n) is 4.17. The van der Waals surface area contributed by atoms with Gasteiger partial charge in [-0.2, -0.15) is 0 Å².